The van der Waals surface area contributed by atoms with Crippen molar-refractivity contribution in [1.82, 2.24) is 20.2 Å². The number of aromatic nitrogens is 2. The maximum Gasteiger partial charge on any atom is 0.410 e. The van der Waals surface area contributed by atoms with Gasteiger partial charge in [0.15, 0.2) is 6.10 Å². The molecule has 3 amide bonds. The molecule has 3 atom stereocenters. The monoisotopic (exact) mass is 505 g/mol. The number of carbonyl (C=O) groups is 3. The fourth-order valence-corrected chi connectivity index (χ4v) is 4.30. The van der Waals surface area contributed by atoms with Crippen LogP contribution in [0.1, 0.15) is 29.7 Å². The van der Waals surface area contributed by atoms with Crippen molar-refractivity contribution in [1.29, 1.82) is 0 Å². The predicted octanol–water partition coefficient (Wildman–Crippen LogP) is 2.55. The highest BCUT2D eigenvalue weighted by molar-refractivity contribution is 5.94. The number of nitrogens with zero attached hydrogens (tertiary/aromatic N) is 2. The molecule has 0 unspecified atom stereocenters. The summed E-state index contributed by atoms with van der Waals surface area (Å²) in [5.74, 6) is -0.952. The molecule has 37 heavy (non-hydrogen) atoms. The molecule has 194 valence electrons. The number of hydrogen-bond acceptors (Lipinski definition) is 6. The minimum Gasteiger partial charge on any atom is -0.445 e. The summed E-state index contributed by atoms with van der Waals surface area (Å²) in [6.07, 6.45) is 0.725. The molecule has 0 radical (unpaired) electrons. The van der Waals surface area contributed by atoms with Gasteiger partial charge in [0.25, 0.3) is 5.91 Å². The number of imidazole rings is 1. The minimum absolute atomic E-state index is 0.103. The Morgan fingerprint density at radius 1 is 1.11 bits per heavy atom. The molecule has 10 nitrogen and oxygen atoms in total. The van der Waals surface area contributed by atoms with E-state index < -0.39 is 36.1 Å². The average molecular weight is 506 g/mol. The topological polar surface area (TPSA) is 137 Å². The minimum atomic E-state index is -1.56. The zero-order valence-electron chi connectivity index (χ0n) is 20.6. The third-order valence-electron chi connectivity index (χ3n) is 6.22. The predicted molar refractivity (Wildman–Crippen MR) is 136 cm³/mol. The van der Waals surface area contributed by atoms with Gasteiger partial charge in [0, 0.05) is 18.4 Å². The average Bonchev–Trinajstić information content (AvgIpc) is 3.57. The molecule has 10 heteroatoms. The Bertz CT molecular complexity index is 1200. The first kappa shape index (κ1) is 25.9. The van der Waals surface area contributed by atoms with Gasteiger partial charge in [-0.25, -0.2) is 9.78 Å². The van der Waals surface area contributed by atoms with E-state index in [-0.39, 0.29) is 19.0 Å². The number of H-pyrrole nitrogens is 1. The molecule has 1 aliphatic heterocycles. The van der Waals surface area contributed by atoms with Crippen molar-refractivity contribution in [3.8, 4) is 0 Å². The fraction of sp³-hybridized carbons (Fsp3) is 0.333. The smallest absolute Gasteiger partial charge is 0.410 e. The third-order valence-corrected chi connectivity index (χ3v) is 6.22. The molecule has 0 aliphatic carbocycles. The van der Waals surface area contributed by atoms with Crippen LogP contribution in [0.4, 0.5) is 10.7 Å². The normalized spacial score (nSPS) is 16.6. The zero-order chi connectivity index (χ0) is 26.2. The van der Waals surface area contributed by atoms with Crippen LogP contribution in [0.5, 0.6) is 0 Å². The van der Waals surface area contributed by atoms with Crippen LogP contribution in [-0.4, -0.2) is 62.6 Å². The van der Waals surface area contributed by atoms with Crippen molar-refractivity contribution in [2.24, 2.45) is 0 Å². The Labute approximate surface area is 215 Å². The van der Waals surface area contributed by atoms with E-state index in [2.05, 4.69) is 20.6 Å². The molecule has 3 aromatic rings. The van der Waals surface area contributed by atoms with E-state index in [9.17, 15) is 19.5 Å². The van der Waals surface area contributed by atoms with E-state index in [0.717, 1.165) is 16.8 Å². The van der Waals surface area contributed by atoms with E-state index in [4.69, 9.17) is 4.74 Å². The van der Waals surface area contributed by atoms with Crippen LogP contribution < -0.4 is 10.6 Å². The molecule has 1 aliphatic rings. The van der Waals surface area contributed by atoms with Gasteiger partial charge in [-0.2, -0.15) is 0 Å². The Morgan fingerprint density at radius 2 is 1.78 bits per heavy atom. The Kier molecular flexibility index (Phi) is 8.52. The summed E-state index contributed by atoms with van der Waals surface area (Å²) in [5.41, 5.74) is 2.43. The highest BCUT2D eigenvalue weighted by Crippen LogP contribution is 2.20. The highest BCUT2D eigenvalue weighted by atomic mass is 16.6. The van der Waals surface area contributed by atoms with Crippen molar-refractivity contribution in [2.45, 2.75) is 51.0 Å². The number of hydrogen-bond donors (Lipinski definition) is 4. The number of aromatic amines is 1. The number of anilines is 1. The van der Waals surface area contributed by atoms with E-state index in [1.54, 1.807) is 13.1 Å². The number of likely N-dealkylation sites (tertiary alicyclic amines) is 1. The maximum atomic E-state index is 13.3. The molecular formula is C27H31N5O5. The summed E-state index contributed by atoms with van der Waals surface area (Å²) in [4.78, 5) is 47.2. The molecule has 0 bridgehead atoms. The van der Waals surface area contributed by atoms with E-state index in [0.29, 0.717) is 19.4 Å². The van der Waals surface area contributed by atoms with Crippen LogP contribution in [0, 0.1) is 6.92 Å². The van der Waals surface area contributed by atoms with Gasteiger partial charge in [0.1, 0.15) is 12.6 Å². The first-order valence-electron chi connectivity index (χ1n) is 12.2. The van der Waals surface area contributed by atoms with Gasteiger partial charge < -0.3 is 20.1 Å². The van der Waals surface area contributed by atoms with E-state index in [1.807, 2.05) is 60.7 Å². The number of amides is 3. The molecule has 0 saturated carbocycles. The summed E-state index contributed by atoms with van der Waals surface area (Å²) < 4.78 is 5.43. The second kappa shape index (κ2) is 12.2. The summed E-state index contributed by atoms with van der Waals surface area (Å²) in [5, 5.41) is 16.3. The number of aliphatic hydroxyl groups excluding tert-OH is 1. The first-order chi connectivity index (χ1) is 17.9. The quantitative estimate of drug-likeness (QED) is 0.353. The molecule has 0 spiro atoms. The van der Waals surface area contributed by atoms with Crippen molar-refractivity contribution >= 4 is 23.9 Å². The van der Waals surface area contributed by atoms with Gasteiger partial charge in [-0.05, 0) is 37.3 Å². The molecular weight excluding hydrogens is 474 g/mol. The molecule has 1 aromatic heterocycles. The van der Waals surface area contributed by atoms with Gasteiger partial charge in [0.2, 0.25) is 11.9 Å². The van der Waals surface area contributed by atoms with Crippen molar-refractivity contribution in [3.63, 3.8) is 0 Å². The fourth-order valence-electron chi connectivity index (χ4n) is 4.30. The lowest BCUT2D eigenvalue weighted by Crippen LogP contribution is -2.55. The van der Waals surface area contributed by atoms with Crippen LogP contribution in [0.3, 0.4) is 0 Å². The highest BCUT2D eigenvalue weighted by Gasteiger charge is 2.38. The van der Waals surface area contributed by atoms with Gasteiger partial charge >= 0.3 is 6.09 Å². The Morgan fingerprint density at radius 3 is 2.43 bits per heavy atom. The molecule has 4 N–H and O–H groups in total. The van der Waals surface area contributed by atoms with E-state index in [1.165, 1.54) is 4.90 Å². The van der Waals surface area contributed by atoms with Crippen LogP contribution in [0.25, 0.3) is 0 Å². The van der Waals surface area contributed by atoms with Crippen molar-refractivity contribution < 1.29 is 24.2 Å². The number of aliphatic hydroxyl groups is 1. The number of aryl methyl sites for hydroxylation is 1. The number of rotatable bonds is 9. The number of carbonyl (C=O) groups excluding carboxylic acids is 3. The second-order valence-electron chi connectivity index (χ2n) is 9.05. The standard InChI is InChI=1S/C27H31N5O5/c1-18-16-28-26(29-18)31-25(35)23(33)21(15-19-9-4-2-5-10-19)30-24(34)22-13-8-14-32(22)27(36)37-17-20-11-6-3-7-12-20/h2-7,9-12,16,21-23,33H,8,13-15,17H2,1H3,(H,30,34)(H2,28,29,31,35)/t21-,22-,23+/m0/s1. The number of benzene rings is 2. The lowest BCUT2D eigenvalue weighted by Gasteiger charge is -2.28. The summed E-state index contributed by atoms with van der Waals surface area (Å²) in [7, 11) is 0. The SMILES string of the molecule is Cc1cnc(NC(=O)[C@H](O)[C@H](Cc2ccccc2)NC(=O)[C@@H]2CCCN2C(=O)OCc2ccccc2)[nH]1. The van der Waals surface area contributed by atoms with Gasteiger partial charge in [-0.3, -0.25) is 19.8 Å². The summed E-state index contributed by atoms with van der Waals surface area (Å²) in [6.45, 7) is 2.28. The number of ether oxygens (including phenoxy) is 1. The molecule has 4 rings (SSSR count). The summed E-state index contributed by atoms with van der Waals surface area (Å²) in [6, 6.07) is 16.8. The van der Waals surface area contributed by atoms with Crippen LogP contribution in [-0.2, 0) is 27.4 Å². The zero-order valence-corrected chi connectivity index (χ0v) is 20.6. The molecule has 1 saturated heterocycles. The molecule has 2 aromatic carbocycles. The first-order valence-corrected chi connectivity index (χ1v) is 12.2. The second-order valence-corrected chi connectivity index (χ2v) is 9.05. The van der Waals surface area contributed by atoms with Gasteiger partial charge in [-0.1, -0.05) is 60.7 Å². The Hall–Kier alpha value is -4.18. The Balaban J connectivity index is 1.43. The molecule has 1 fully saturated rings. The van der Waals surface area contributed by atoms with Crippen molar-refractivity contribution in [3.05, 3.63) is 83.7 Å². The van der Waals surface area contributed by atoms with Crippen molar-refractivity contribution in [2.75, 3.05) is 11.9 Å². The largest absolute Gasteiger partial charge is 0.445 e. The lowest BCUT2D eigenvalue weighted by molar-refractivity contribution is -0.130. The van der Waals surface area contributed by atoms with Gasteiger partial charge in [-0.15, -0.1) is 0 Å². The van der Waals surface area contributed by atoms with E-state index >= 15 is 0 Å². The lowest BCUT2D eigenvalue weighted by atomic mass is 10.00. The summed E-state index contributed by atoms with van der Waals surface area (Å²) >= 11 is 0. The van der Waals surface area contributed by atoms with Crippen LogP contribution in [0.2, 0.25) is 0 Å². The maximum absolute atomic E-state index is 13.3. The number of nitrogens with one attached hydrogen (secondary N) is 3. The third kappa shape index (κ3) is 6.95. The van der Waals surface area contributed by atoms with Crippen LogP contribution in [0.15, 0.2) is 66.9 Å². The molecule has 2 heterocycles. The van der Waals surface area contributed by atoms with Crippen LogP contribution >= 0.6 is 0 Å². The van der Waals surface area contributed by atoms with Gasteiger partial charge in [0.05, 0.1) is 6.04 Å².